The predicted molar refractivity (Wildman–Crippen MR) is 86.7 cm³/mol. The molecule has 24 heavy (non-hydrogen) atoms. The first-order chi connectivity index (χ1) is 11.2. The summed E-state index contributed by atoms with van der Waals surface area (Å²) < 4.78 is 19.0. The number of nitrogens with two attached hydrogens (primary N) is 1. The van der Waals surface area contributed by atoms with E-state index in [1.54, 1.807) is 11.0 Å². The maximum absolute atomic E-state index is 13.7. The molecule has 2 heterocycles. The predicted octanol–water partition coefficient (Wildman–Crippen LogP) is 1.37. The molecule has 0 unspecified atom stereocenters. The number of halogens is 1. The smallest absolute Gasteiger partial charge is 0.410 e. The molecule has 3 N–H and O–H groups in total. The van der Waals surface area contributed by atoms with Crippen LogP contribution >= 0.6 is 0 Å². The van der Waals surface area contributed by atoms with Crippen LogP contribution in [0, 0.1) is 5.95 Å². The number of ether oxygens (including phenoxy) is 1. The summed E-state index contributed by atoms with van der Waals surface area (Å²) in [5.74, 6) is -0.980. The molecule has 1 aromatic heterocycles. The Morgan fingerprint density at radius 2 is 1.96 bits per heavy atom. The van der Waals surface area contributed by atoms with E-state index in [2.05, 4.69) is 10.1 Å². The summed E-state index contributed by atoms with van der Waals surface area (Å²) in [6.07, 6.45) is -0.361. The molecule has 9 heteroatoms. The fourth-order valence-corrected chi connectivity index (χ4v) is 2.32. The fraction of sp³-hybridized carbons (Fsp3) is 0.533. The number of nitrogens with zero attached hydrogens (tertiary/aromatic N) is 4. The molecular formula is C15H22FN5O3. The highest BCUT2D eigenvalue weighted by Gasteiger charge is 2.26. The number of carbonyl (C=O) groups excluding carboxylic acids is 1. The largest absolute Gasteiger partial charge is 0.444 e. The SMILES string of the molecule is CC(C)(C)OC(=O)N1CCN(c2cc(F)nc(/C(N)=N/O)c2)CC1. The number of oxime groups is 1. The van der Waals surface area contributed by atoms with Crippen molar-refractivity contribution in [2.45, 2.75) is 26.4 Å². The van der Waals surface area contributed by atoms with Crippen molar-refractivity contribution in [2.75, 3.05) is 31.1 Å². The number of anilines is 1. The molecule has 0 aliphatic carbocycles. The van der Waals surface area contributed by atoms with Crippen LogP contribution in [0.4, 0.5) is 14.9 Å². The van der Waals surface area contributed by atoms with E-state index in [1.165, 1.54) is 6.07 Å². The Morgan fingerprint density at radius 3 is 2.50 bits per heavy atom. The standard InChI is InChI=1S/C15H22FN5O3/c1-15(2,3)24-14(22)21-6-4-20(5-7-21)10-8-11(13(17)19-23)18-12(16)9-10/h8-9,23H,4-7H2,1-3H3,(H2,17,19). The molecule has 1 aromatic rings. The Kier molecular flexibility index (Phi) is 5.10. The number of hydrogen-bond donors (Lipinski definition) is 2. The zero-order valence-corrected chi connectivity index (χ0v) is 14.0. The van der Waals surface area contributed by atoms with Crippen LogP contribution < -0.4 is 10.6 Å². The number of amidine groups is 1. The second-order valence-electron chi connectivity index (χ2n) is 6.47. The van der Waals surface area contributed by atoms with Crippen molar-refractivity contribution in [1.29, 1.82) is 0 Å². The van der Waals surface area contributed by atoms with E-state index in [9.17, 15) is 9.18 Å². The molecule has 0 spiro atoms. The monoisotopic (exact) mass is 339 g/mol. The number of pyridine rings is 1. The van der Waals surface area contributed by atoms with Crippen molar-refractivity contribution >= 4 is 17.6 Å². The fourth-order valence-electron chi connectivity index (χ4n) is 2.32. The van der Waals surface area contributed by atoms with Crippen molar-refractivity contribution in [3.05, 3.63) is 23.8 Å². The van der Waals surface area contributed by atoms with Gasteiger partial charge in [-0.05, 0) is 26.8 Å². The number of amides is 1. The first kappa shape index (κ1) is 17.8. The average molecular weight is 339 g/mol. The van der Waals surface area contributed by atoms with E-state index < -0.39 is 11.5 Å². The van der Waals surface area contributed by atoms with E-state index in [0.29, 0.717) is 31.9 Å². The van der Waals surface area contributed by atoms with Crippen LogP contribution in [0.25, 0.3) is 0 Å². The van der Waals surface area contributed by atoms with Gasteiger partial charge in [0, 0.05) is 37.9 Å². The summed E-state index contributed by atoms with van der Waals surface area (Å²) in [7, 11) is 0. The number of rotatable bonds is 2. The van der Waals surface area contributed by atoms with Crippen molar-refractivity contribution in [1.82, 2.24) is 9.88 Å². The second-order valence-corrected chi connectivity index (χ2v) is 6.47. The highest BCUT2D eigenvalue weighted by molar-refractivity contribution is 5.95. The number of aromatic nitrogens is 1. The number of carbonyl (C=O) groups is 1. The molecule has 1 fully saturated rings. The second kappa shape index (κ2) is 6.90. The lowest BCUT2D eigenvalue weighted by Gasteiger charge is -2.36. The van der Waals surface area contributed by atoms with Crippen molar-refractivity contribution < 1.29 is 19.1 Å². The minimum absolute atomic E-state index is 0.0575. The number of hydrogen-bond acceptors (Lipinski definition) is 6. The summed E-state index contributed by atoms with van der Waals surface area (Å²) in [5, 5.41) is 11.5. The minimum Gasteiger partial charge on any atom is -0.444 e. The van der Waals surface area contributed by atoms with Gasteiger partial charge in [-0.2, -0.15) is 4.39 Å². The van der Waals surface area contributed by atoms with E-state index in [-0.39, 0.29) is 17.6 Å². The van der Waals surface area contributed by atoms with Gasteiger partial charge in [-0.3, -0.25) is 0 Å². The Hall–Kier alpha value is -2.58. The van der Waals surface area contributed by atoms with Gasteiger partial charge in [0.2, 0.25) is 5.95 Å². The highest BCUT2D eigenvalue weighted by atomic mass is 19.1. The summed E-state index contributed by atoms with van der Waals surface area (Å²) in [6.45, 7) is 7.38. The van der Waals surface area contributed by atoms with Crippen molar-refractivity contribution in [3.63, 3.8) is 0 Å². The molecule has 2 rings (SSSR count). The van der Waals surface area contributed by atoms with Crippen molar-refractivity contribution in [2.24, 2.45) is 10.9 Å². The van der Waals surface area contributed by atoms with Gasteiger partial charge in [-0.25, -0.2) is 9.78 Å². The third-order valence-corrected chi connectivity index (χ3v) is 3.45. The molecule has 132 valence electrons. The maximum atomic E-state index is 13.7. The van der Waals surface area contributed by atoms with Gasteiger partial charge in [0.05, 0.1) is 0 Å². The first-order valence-electron chi connectivity index (χ1n) is 7.58. The van der Waals surface area contributed by atoms with Gasteiger partial charge in [0.15, 0.2) is 5.84 Å². The Bertz CT molecular complexity index is 636. The minimum atomic E-state index is -0.719. The van der Waals surface area contributed by atoms with E-state index in [4.69, 9.17) is 15.7 Å². The highest BCUT2D eigenvalue weighted by Crippen LogP contribution is 2.19. The molecule has 1 aliphatic rings. The van der Waals surface area contributed by atoms with E-state index in [1.807, 2.05) is 25.7 Å². The van der Waals surface area contributed by atoms with Crippen LogP contribution in [0.1, 0.15) is 26.5 Å². The molecule has 1 saturated heterocycles. The lowest BCUT2D eigenvalue weighted by Crippen LogP contribution is -2.50. The van der Waals surface area contributed by atoms with Gasteiger partial charge < -0.3 is 25.5 Å². The summed E-state index contributed by atoms with van der Waals surface area (Å²) in [5.41, 5.74) is 5.54. The molecule has 1 amide bonds. The Balaban J connectivity index is 2.05. The molecule has 0 atom stereocenters. The molecule has 0 bridgehead atoms. The topological polar surface area (TPSA) is 104 Å². The molecule has 1 aliphatic heterocycles. The lowest BCUT2D eigenvalue weighted by molar-refractivity contribution is 0.0240. The van der Waals surface area contributed by atoms with E-state index >= 15 is 0 Å². The summed E-state index contributed by atoms with van der Waals surface area (Å²) in [4.78, 5) is 19.2. The molecule has 0 saturated carbocycles. The lowest BCUT2D eigenvalue weighted by atomic mass is 10.2. The van der Waals surface area contributed by atoms with Crippen LogP contribution in [0.15, 0.2) is 17.3 Å². The van der Waals surface area contributed by atoms with Gasteiger partial charge in [-0.1, -0.05) is 5.16 Å². The van der Waals surface area contributed by atoms with Gasteiger partial charge >= 0.3 is 6.09 Å². The molecular weight excluding hydrogens is 317 g/mol. The Labute approximate surface area is 139 Å². The molecule has 0 radical (unpaired) electrons. The first-order valence-corrected chi connectivity index (χ1v) is 7.58. The normalized spacial score (nSPS) is 16.2. The maximum Gasteiger partial charge on any atom is 0.410 e. The number of piperazine rings is 1. The van der Waals surface area contributed by atoms with Crippen LogP contribution in [0.3, 0.4) is 0 Å². The summed E-state index contributed by atoms with van der Waals surface area (Å²) in [6, 6.07) is 2.82. The average Bonchev–Trinajstić information content (AvgIpc) is 2.52. The zero-order chi connectivity index (χ0) is 17.9. The third kappa shape index (κ3) is 4.46. The zero-order valence-electron chi connectivity index (χ0n) is 14.0. The van der Waals surface area contributed by atoms with Crippen LogP contribution in [0.2, 0.25) is 0 Å². The van der Waals surface area contributed by atoms with Gasteiger partial charge in [-0.15, -0.1) is 0 Å². The molecule has 8 nitrogen and oxygen atoms in total. The van der Waals surface area contributed by atoms with Crippen molar-refractivity contribution in [3.8, 4) is 0 Å². The van der Waals surface area contributed by atoms with Gasteiger partial charge in [0.1, 0.15) is 11.3 Å². The van der Waals surface area contributed by atoms with Gasteiger partial charge in [0.25, 0.3) is 0 Å². The Morgan fingerprint density at radius 1 is 1.33 bits per heavy atom. The third-order valence-electron chi connectivity index (χ3n) is 3.45. The van der Waals surface area contributed by atoms with Crippen LogP contribution in [-0.4, -0.2) is 58.8 Å². The molecule has 0 aromatic carbocycles. The van der Waals surface area contributed by atoms with E-state index in [0.717, 1.165) is 0 Å². The van der Waals surface area contributed by atoms with Crippen LogP contribution in [-0.2, 0) is 4.74 Å². The summed E-state index contributed by atoms with van der Waals surface area (Å²) >= 11 is 0. The quantitative estimate of drug-likeness (QED) is 0.277. The van der Waals surface area contributed by atoms with Crippen LogP contribution in [0.5, 0.6) is 0 Å².